The second-order valence-electron chi connectivity index (χ2n) is 5.98. The van der Waals surface area contributed by atoms with E-state index in [1.807, 2.05) is 31.2 Å². The molecule has 0 saturated heterocycles. The van der Waals surface area contributed by atoms with E-state index in [0.717, 1.165) is 40.5 Å². The number of aromatic nitrogens is 2. The molecular weight excluding hydrogens is 336 g/mol. The van der Waals surface area contributed by atoms with Crippen molar-refractivity contribution in [2.75, 3.05) is 6.61 Å². The van der Waals surface area contributed by atoms with E-state index >= 15 is 0 Å². The quantitative estimate of drug-likeness (QED) is 0.710. The molecule has 130 valence electrons. The summed E-state index contributed by atoms with van der Waals surface area (Å²) in [7, 11) is 0. The Morgan fingerprint density at radius 1 is 1.20 bits per heavy atom. The number of aryl methyl sites for hydroxylation is 2. The molecule has 0 unspecified atom stereocenters. The molecule has 2 N–H and O–H groups in total. The highest BCUT2D eigenvalue weighted by atomic mass is 32.1. The van der Waals surface area contributed by atoms with Gasteiger partial charge in [-0.15, -0.1) is 0 Å². The molecule has 0 bridgehead atoms. The minimum atomic E-state index is -0.243. The van der Waals surface area contributed by atoms with Crippen molar-refractivity contribution in [1.29, 1.82) is 0 Å². The first-order valence-corrected chi connectivity index (χ1v) is 8.88. The van der Waals surface area contributed by atoms with Gasteiger partial charge in [-0.25, -0.2) is 0 Å². The second-order valence-corrected chi connectivity index (χ2v) is 7.05. The van der Waals surface area contributed by atoms with Crippen LogP contribution in [-0.4, -0.2) is 21.7 Å². The van der Waals surface area contributed by atoms with Gasteiger partial charge in [-0.2, -0.15) is 0 Å². The Morgan fingerprint density at radius 3 is 2.60 bits per heavy atom. The van der Waals surface area contributed by atoms with Gasteiger partial charge >= 0.3 is 4.87 Å². The number of hydrogen-bond acceptors (Lipinski definition) is 5. The number of pyridine rings is 1. The molecule has 0 aliphatic carbocycles. The average molecular weight is 356 g/mol. The number of thiazole rings is 1. The Hall–Kier alpha value is -2.60. The molecule has 0 aliphatic rings. The number of H-pyrrole nitrogens is 1. The lowest BCUT2D eigenvalue weighted by molar-refractivity contribution is 0.320. The van der Waals surface area contributed by atoms with Crippen LogP contribution < -0.4 is 9.61 Å². The Bertz CT molecular complexity index is 893. The van der Waals surface area contributed by atoms with Crippen molar-refractivity contribution in [3.05, 3.63) is 73.5 Å². The summed E-state index contributed by atoms with van der Waals surface area (Å²) in [4.78, 5) is 18.5. The number of aromatic amines is 1. The molecule has 0 amide bonds. The van der Waals surface area contributed by atoms with Crippen LogP contribution in [0, 0.1) is 13.8 Å². The first-order valence-electron chi connectivity index (χ1n) is 8.06. The number of rotatable bonds is 6. The minimum Gasteiger partial charge on any atom is -0.494 e. The molecule has 0 atom stereocenters. The van der Waals surface area contributed by atoms with Gasteiger partial charge in [0.05, 0.1) is 11.5 Å². The summed E-state index contributed by atoms with van der Waals surface area (Å²) in [6.45, 7) is 4.63. The second kappa shape index (κ2) is 7.53. The number of aromatic hydroxyl groups is 1. The molecule has 3 rings (SSSR count). The third-order valence-electron chi connectivity index (χ3n) is 3.77. The lowest BCUT2D eigenvalue weighted by atomic mass is 10.1. The largest absolute Gasteiger partial charge is 0.494 e. The molecule has 25 heavy (non-hydrogen) atoms. The van der Waals surface area contributed by atoms with Gasteiger partial charge in [-0.3, -0.25) is 14.8 Å². The van der Waals surface area contributed by atoms with Crippen LogP contribution in [0.4, 0.5) is 0 Å². The van der Waals surface area contributed by atoms with Gasteiger partial charge in [0, 0.05) is 24.2 Å². The molecule has 2 aromatic heterocycles. The number of nitrogens with zero attached hydrogens (tertiary/aromatic N) is 1. The van der Waals surface area contributed by atoms with Gasteiger partial charge in [-0.1, -0.05) is 23.5 Å². The van der Waals surface area contributed by atoms with Crippen LogP contribution in [0.1, 0.15) is 27.4 Å². The van der Waals surface area contributed by atoms with E-state index in [-0.39, 0.29) is 10.8 Å². The lowest BCUT2D eigenvalue weighted by Crippen LogP contribution is -2.04. The van der Waals surface area contributed by atoms with Crippen molar-refractivity contribution in [3.8, 4) is 11.6 Å². The SMILES string of the molecule is Cc1cc(C)nc(CCOc2ccc(Cc3sc(=O)[nH]c3O)cc2)c1. The normalized spacial score (nSPS) is 10.8. The van der Waals surface area contributed by atoms with Crippen molar-refractivity contribution < 1.29 is 9.84 Å². The highest BCUT2D eigenvalue weighted by molar-refractivity contribution is 7.09. The Balaban J connectivity index is 1.55. The van der Waals surface area contributed by atoms with Crippen molar-refractivity contribution >= 4 is 11.3 Å². The summed E-state index contributed by atoms with van der Waals surface area (Å²) >= 11 is 1.03. The van der Waals surface area contributed by atoms with Gasteiger partial charge in [0.2, 0.25) is 5.88 Å². The zero-order valence-electron chi connectivity index (χ0n) is 14.2. The molecule has 0 aliphatic heterocycles. The van der Waals surface area contributed by atoms with E-state index < -0.39 is 0 Å². The Kier molecular flexibility index (Phi) is 5.19. The highest BCUT2D eigenvalue weighted by Crippen LogP contribution is 2.21. The van der Waals surface area contributed by atoms with Crippen LogP contribution in [-0.2, 0) is 12.8 Å². The third-order valence-corrected chi connectivity index (χ3v) is 4.64. The maximum absolute atomic E-state index is 11.2. The standard InChI is InChI=1S/C19H20N2O3S/c1-12-9-13(2)20-15(10-12)7-8-24-16-5-3-14(4-6-16)11-17-18(22)21-19(23)25-17/h3-6,9-10,22H,7-8,11H2,1-2H3,(H,21,23). The van der Waals surface area contributed by atoms with Crippen LogP contribution in [0.2, 0.25) is 0 Å². The zero-order valence-corrected chi connectivity index (χ0v) is 15.0. The van der Waals surface area contributed by atoms with Crippen LogP contribution in [0.3, 0.4) is 0 Å². The summed E-state index contributed by atoms with van der Waals surface area (Å²) in [6, 6.07) is 11.8. The zero-order chi connectivity index (χ0) is 17.8. The van der Waals surface area contributed by atoms with Gasteiger partial charge in [-0.05, 0) is 49.2 Å². The fourth-order valence-corrected chi connectivity index (χ4v) is 3.45. The van der Waals surface area contributed by atoms with Crippen molar-refractivity contribution in [3.63, 3.8) is 0 Å². The summed E-state index contributed by atoms with van der Waals surface area (Å²) in [5, 5.41) is 9.63. The number of nitrogens with one attached hydrogen (secondary N) is 1. The van der Waals surface area contributed by atoms with Crippen LogP contribution >= 0.6 is 11.3 Å². The average Bonchev–Trinajstić information content (AvgIpc) is 2.86. The lowest BCUT2D eigenvalue weighted by Gasteiger charge is -2.08. The van der Waals surface area contributed by atoms with E-state index in [1.54, 1.807) is 0 Å². The highest BCUT2D eigenvalue weighted by Gasteiger charge is 2.07. The molecule has 3 aromatic rings. The molecule has 1 aromatic carbocycles. The smallest absolute Gasteiger partial charge is 0.307 e. The fraction of sp³-hybridized carbons (Fsp3) is 0.263. The summed E-state index contributed by atoms with van der Waals surface area (Å²) in [5.41, 5.74) is 4.28. The van der Waals surface area contributed by atoms with Crippen LogP contribution in [0.15, 0.2) is 41.2 Å². The molecule has 0 saturated carbocycles. The van der Waals surface area contributed by atoms with E-state index in [0.29, 0.717) is 17.9 Å². The van der Waals surface area contributed by atoms with E-state index in [9.17, 15) is 9.90 Å². The van der Waals surface area contributed by atoms with Crippen LogP contribution in [0.25, 0.3) is 0 Å². The van der Waals surface area contributed by atoms with E-state index in [1.165, 1.54) is 5.56 Å². The molecule has 0 radical (unpaired) electrons. The monoisotopic (exact) mass is 356 g/mol. The Morgan fingerprint density at radius 2 is 1.96 bits per heavy atom. The molecule has 5 nitrogen and oxygen atoms in total. The molecule has 0 spiro atoms. The molecule has 2 heterocycles. The topological polar surface area (TPSA) is 75.2 Å². The summed E-state index contributed by atoms with van der Waals surface area (Å²) < 4.78 is 5.78. The predicted octanol–water partition coefficient (Wildman–Crippen LogP) is 3.37. The maximum Gasteiger partial charge on any atom is 0.307 e. The van der Waals surface area contributed by atoms with Gasteiger partial charge in [0.25, 0.3) is 0 Å². The van der Waals surface area contributed by atoms with Crippen molar-refractivity contribution in [1.82, 2.24) is 9.97 Å². The third kappa shape index (κ3) is 4.70. The first-order chi connectivity index (χ1) is 12.0. The minimum absolute atomic E-state index is 0.0451. The molecular formula is C19H20N2O3S. The molecule has 0 fully saturated rings. The number of benzene rings is 1. The number of hydrogen-bond donors (Lipinski definition) is 2. The van der Waals surface area contributed by atoms with Crippen LogP contribution in [0.5, 0.6) is 11.6 Å². The van der Waals surface area contributed by atoms with Gasteiger partial charge in [0.15, 0.2) is 0 Å². The van der Waals surface area contributed by atoms with E-state index in [2.05, 4.69) is 29.0 Å². The van der Waals surface area contributed by atoms with Gasteiger partial charge < -0.3 is 9.84 Å². The first kappa shape index (κ1) is 17.2. The number of ether oxygens (including phenoxy) is 1. The van der Waals surface area contributed by atoms with Crippen molar-refractivity contribution in [2.45, 2.75) is 26.7 Å². The molecule has 6 heteroatoms. The van der Waals surface area contributed by atoms with Crippen molar-refractivity contribution in [2.24, 2.45) is 0 Å². The summed E-state index contributed by atoms with van der Waals surface area (Å²) in [5.74, 6) is 0.746. The van der Waals surface area contributed by atoms with E-state index in [4.69, 9.17) is 4.74 Å². The van der Waals surface area contributed by atoms with Gasteiger partial charge in [0.1, 0.15) is 5.75 Å². The maximum atomic E-state index is 11.2. The Labute approximate surface area is 150 Å². The fourth-order valence-electron chi connectivity index (χ4n) is 2.69. The predicted molar refractivity (Wildman–Crippen MR) is 98.8 cm³/mol. The summed E-state index contributed by atoms with van der Waals surface area (Å²) in [6.07, 6.45) is 1.28.